The van der Waals surface area contributed by atoms with E-state index in [1.165, 1.54) is 6.92 Å². The van der Waals surface area contributed by atoms with Gasteiger partial charge in [0, 0.05) is 18.0 Å². The molecule has 0 aliphatic rings. The Bertz CT molecular complexity index is 654. The minimum Gasteiger partial charge on any atom is -0.347 e. The summed E-state index contributed by atoms with van der Waals surface area (Å²) in [5, 5.41) is 9.94. The molecule has 2 aromatic rings. The Morgan fingerprint density at radius 3 is 2.86 bits per heavy atom. The van der Waals surface area contributed by atoms with Gasteiger partial charge in [-0.25, -0.2) is 4.68 Å². The number of benzene rings is 1. The van der Waals surface area contributed by atoms with Crippen LogP contribution in [0, 0.1) is 0 Å². The van der Waals surface area contributed by atoms with Gasteiger partial charge in [-0.3, -0.25) is 9.59 Å². The third kappa shape index (κ3) is 4.61. The second-order valence-electron chi connectivity index (χ2n) is 4.46. The van der Waals surface area contributed by atoms with Crippen molar-refractivity contribution in [2.24, 2.45) is 0 Å². The first kappa shape index (κ1) is 15.1. The van der Waals surface area contributed by atoms with Crippen LogP contribution < -0.4 is 10.6 Å². The van der Waals surface area contributed by atoms with Crippen molar-refractivity contribution >= 4 is 29.2 Å². The lowest BCUT2D eigenvalue weighted by molar-refractivity contribution is -0.122. The van der Waals surface area contributed by atoms with Gasteiger partial charge in [0.1, 0.15) is 5.82 Å². The first-order valence-electron chi connectivity index (χ1n) is 6.35. The molecule has 110 valence electrons. The van der Waals surface area contributed by atoms with E-state index in [2.05, 4.69) is 15.7 Å². The van der Waals surface area contributed by atoms with E-state index >= 15 is 0 Å². The van der Waals surface area contributed by atoms with Gasteiger partial charge in [0.15, 0.2) is 0 Å². The third-order valence-corrected chi connectivity index (χ3v) is 2.94. The van der Waals surface area contributed by atoms with Crippen LogP contribution in [0.2, 0.25) is 5.02 Å². The molecular weight excluding hydrogens is 292 g/mol. The molecule has 0 atom stereocenters. The molecule has 1 heterocycles. The number of hydrogen-bond acceptors (Lipinski definition) is 3. The van der Waals surface area contributed by atoms with E-state index in [-0.39, 0.29) is 18.4 Å². The van der Waals surface area contributed by atoms with E-state index in [9.17, 15) is 9.59 Å². The van der Waals surface area contributed by atoms with Crippen molar-refractivity contribution in [3.05, 3.63) is 47.1 Å². The van der Waals surface area contributed by atoms with Gasteiger partial charge in [0.2, 0.25) is 11.8 Å². The summed E-state index contributed by atoms with van der Waals surface area (Å²) in [7, 11) is 0. The lowest BCUT2D eigenvalue weighted by atomic mass is 10.2. The maximum Gasteiger partial charge on any atom is 0.244 e. The Balaban J connectivity index is 2.01. The summed E-state index contributed by atoms with van der Waals surface area (Å²) < 4.78 is 1.65. The zero-order chi connectivity index (χ0) is 15.2. The van der Waals surface area contributed by atoms with Gasteiger partial charge in [0.25, 0.3) is 0 Å². The topological polar surface area (TPSA) is 76.0 Å². The molecule has 0 saturated heterocycles. The summed E-state index contributed by atoms with van der Waals surface area (Å²) in [6.07, 6.45) is 1.60. The molecule has 0 aliphatic carbocycles. The van der Waals surface area contributed by atoms with Gasteiger partial charge in [-0.2, -0.15) is 5.10 Å². The zero-order valence-electron chi connectivity index (χ0n) is 11.5. The molecule has 2 rings (SSSR count). The Kier molecular flexibility index (Phi) is 4.94. The minimum absolute atomic E-state index is 0.0717. The highest BCUT2D eigenvalue weighted by Crippen LogP contribution is 2.14. The van der Waals surface area contributed by atoms with Gasteiger partial charge in [-0.1, -0.05) is 23.7 Å². The van der Waals surface area contributed by atoms with Crippen molar-refractivity contribution in [3.8, 4) is 0 Å². The molecule has 0 unspecified atom stereocenters. The summed E-state index contributed by atoms with van der Waals surface area (Å²) in [6, 6.07) is 9.11. The predicted molar refractivity (Wildman–Crippen MR) is 80.1 cm³/mol. The van der Waals surface area contributed by atoms with E-state index in [1.54, 1.807) is 23.0 Å². The molecule has 6 nitrogen and oxygen atoms in total. The molecule has 2 amide bonds. The first-order chi connectivity index (χ1) is 10.0. The van der Waals surface area contributed by atoms with Crippen molar-refractivity contribution in [2.45, 2.75) is 13.5 Å². The smallest absolute Gasteiger partial charge is 0.244 e. The van der Waals surface area contributed by atoms with Crippen LogP contribution in [0.15, 0.2) is 36.5 Å². The number of aromatic nitrogens is 2. The van der Waals surface area contributed by atoms with Crippen molar-refractivity contribution in [2.75, 3.05) is 11.9 Å². The van der Waals surface area contributed by atoms with E-state index in [0.29, 0.717) is 17.4 Å². The van der Waals surface area contributed by atoms with Gasteiger partial charge in [-0.15, -0.1) is 0 Å². The SMILES string of the molecule is CC(=O)NCC(=O)Nc1ccnn1Cc1cccc(Cl)c1. The number of hydrogen-bond donors (Lipinski definition) is 2. The molecule has 1 aromatic carbocycles. The van der Waals surface area contributed by atoms with Crippen LogP contribution in [-0.4, -0.2) is 28.1 Å². The van der Waals surface area contributed by atoms with Gasteiger partial charge in [-0.05, 0) is 17.7 Å². The Morgan fingerprint density at radius 2 is 2.14 bits per heavy atom. The highest BCUT2D eigenvalue weighted by molar-refractivity contribution is 6.30. The van der Waals surface area contributed by atoms with Crippen molar-refractivity contribution in [3.63, 3.8) is 0 Å². The van der Waals surface area contributed by atoms with E-state index in [0.717, 1.165) is 5.56 Å². The summed E-state index contributed by atoms with van der Waals surface area (Å²) in [5.41, 5.74) is 0.976. The zero-order valence-corrected chi connectivity index (χ0v) is 12.2. The van der Waals surface area contributed by atoms with Gasteiger partial charge in [0.05, 0.1) is 19.3 Å². The highest BCUT2D eigenvalue weighted by Gasteiger charge is 2.08. The molecular formula is C14H15ClN4O2. The minimum atomic E-state index is -0.307. The number of carbonyl (C=O) groups is 2. The second kappa shape index (κ2) is 6.90. The lowest BCUT2D eigenvalue weighted by Crippen LogP contribution is -2.31. The average molecular weight is 307 g/mol. The molecule has 0 aliphatic heterocycles. The molecule has 0 saturated carbocycles. The Morgan fingerprint density at radius 1 is 1.33 bits per heavy atom. The molecule has 0 fully saturated rings. The van der Waals surface area contributed by atoms with Gasteiger partial charge >= 0.3 is 0 Å². The number of nitrogens with one attached hydrogen (secondary N) is 2. The Labute approximate surface area is 127 Å². The van der Waals surface area contributed by atoms with Crippen LogP contribution in [0.25, 0.3) is 0 Å². The van der Waals surface area contributed by atoms with Crippen LogP contribution in [0.3, 0.4) is 0 Å². The van der Waals surface area contributed by atoms with Crippen LogP contribution >= 0.6 is 11.6 Å². The standard InChI is InChI=1S/C14H15ClN4O2/c1-10(20)16-8-14(21)18-13-5-6-17-19(13)9-11-3-2-4-12(15)7-11/h2-7H,8-9H2,1H3,(H,16,20)(H,18,21). The fraction of sp³-hybridized carbons (Fsp3) is 0.214. The fourth-order valence-corrected chi connectivity index (χ4v) is 1.98. The number of rotatable bonds is 5. The van der Waals surface area contributed by atoms with Gasteiger partial charge < -0.3 is 10.6 Å². The lowest BCUT2D eigenvalue weighted by Gasteiger charge is -2.09. The second-order valence-corrected chi connectivity index (χ2v) is 4.90. The number of halogens is 1. The number of nitrogens with zero attached hydrogens (tertiary/aromatic N) is 2. The monoisotopic (exact) mass is 306 g/mol. The van der Waals surface area contributed by atoms with Crippen LogP contribution in [0.4, 0.5) is 5.82 Å². The number of carbonyl (C=O) groups excluding carboxylic acids is 2. The average Bonchev–Trinajstić information content (AvgIpc) is 2.84. The third-order valence-electron chi connectivity index (χ3n) is 2.70. The number of anilines is 1. The molecule has 0 bridgehead atoms. The number of amides is 2. The molecule has 1 aromatic heterocycles. The predicted octanol–water partition coefficient (Wildman–Crippen LogP) is 1.66. The molecule has 21 heavy (non-hydrogen) atoms. The van der Waals surface area contributed by atoms with Crippen LogP contribution in [0.1, 0.15) is 12.5 Å². The maximum absolute atomic E-state index is 11.7. The molecule has 0 radical (unpaired) electrons. The van der Waals surface area contributed by atoms with Crippen LogP contribution in [-0.2, 0) is 16.1 Å². The normalized spacial score (nSPS) is 10.2. The Hall–Kier alpha value is -2.34. The largest absolute Gasteiger partial charge is 0.347 e. The van der Waals surface area contributed by atoms with Crippen molar-refractivity contribution in [1.29, 1.82) is 0 Å². The molecule has 0 spiro atoms. The fourth-order valence-electron chi connectivity index (χ4n) is 1.76. The van der Waals surface area contributed by atoms with E-state index < -0.39 is 0 Å². The molecule has 2 N–H and O–H groups in total. The molecule has 7 heteroatoms. The van der Waals surface area contributed by atoms with Crippen LogP contribution in [0.5, 0.6) is 0 Å². The highest BCUT2D eigenvalue weighted by atomic mass is 35.5. The first-order valence-corrected chi connectivity index (χ1v) is 6.73. The maximum atomic E-state index is 11.7. The van der Waals surface area contributed by atoms with Crippen molar-refractivity contribution < 1.29 is 9.59 Å². The van der Waals surface area contributed by atoms with E-state index in [1.807, 2.05) is 18.2 Å². The quantitative estimate of drug-likeness (QED) is 0.882. The summed E-state index contributed by atoms with van der Waals surface area (Å²) in [6.45, 7) is 1.78. The summed E-state index contributed by atoms with van der Waals surface area (Å²) in [5.74, 6) is 0.000886. The van der Waals surface area contributed by atoms with Crippen molar-refractivity contribution in [1.82, 2.24) is 15.1 Å². The summed E-state index contributed by atoms with van der Waals surface area (Å²) in [4.78, 5) is 22.5. The summed E-state index contributed by atoms with van der Waals surface area (Å²) >= 11 is 5.94. The van der Waals surface area contributed by atoms with E-state index in [4.69, 9.17) is 11.6 Å².